The molecule has 0 unspecified atom stereocenters. The van der Waals surface area contributed by atoms with Gasteiger partial charge in [-0.15, -0.1) is 4.99 Å². The Bertz CT molecular complexity index is 788. The van der Waals surface area contributed by atoms with Crippen LogP contribution in [0.15, 0.2) is 46.4 Å². The van der Waals surface area contributed by atoms with Crippen LogP contribution in [0.3, 0.4) is 0 Å². The third-order valence-corrected chi connectivity index (χ3v) is 2.67. The zero-order valence-corrected chi connectivity index (χ0v) is 11.3. The minimum atomic E-state index is -0.432. The Hall–Kier alpha value is -3.20. The van der Waals surface area contributed by atoms with Gasteiger partial charge in [-0.2, -0.15) is 5.26 Å². The van der Waals surface area contributed by atoms with Gasteiger partial charge in [0.25, 0.3) is 0 Å². The summed E-state index contributed by atoms with van der Waals surface area (Å²) in [5, 5.41) is 10.2. The molecule has 0 amide bonds. The fourth-order valence-electron chi connectivity index (χ4n) is 1.86. The van der Waals surface area contributed by atoms with E-state index in [2.05, 4.69) is 9.98 Å². The fourth-order valence-corrected chi connectivity index (χ4v) is 1.86. The second kappa shape index (κ2) is 6.30. The van der Waals surface area contributed by atoms with E-state index in [4.69, 9.17) is 15.7 Å². The van der Waals surface area contributed by atoms with Crippen molar-refractivity contribution < 1.29 is 9.53 Å². The zero-order valence-electron chi connectivity index (χ0n) is 11.3. The lowest BCUT2D eigenvalue weighted by Gasteiger charge is -2.08. The van der Waals surface area contributed by atoms with Gasteiger partial charge in [-0.3, -0.25) is 4.79 Å². The number of fused-ring (bicyclic) bond motifs is 1. The summed E-state index contributed by atoms with van der Waals surface area (Å²) < 4.78 is 5.17. The van der Waals surface area contributed by atoms with E-state index in [0.717, 1.165) is 10.8 Å². The number of hydrogen-bond acceptors (Lipinski definition) is 4. The van der Waals surface area contributed by atoms with Gasteiger partial charge in [0.1, 0.15) is 5.75 Å². The Morgan fingerprint density at radius 3 is 2.81 bits per heavy atom. The average molecular weight is 280 g/mol. The highest BCUT2D eigenvalue weighted by molar-refractivity contribution is 6.06. The lowest BCUT2D eigenvalue weighted by Crippen LogP contribution is -2.09. The molecule has 2 aromatic carbocycles. The summed E-state index contributed by atoms with van der Waals surface area (Å²) in [5.41, 5.74) is 6.05. The van der Waals surface area contributed by atoms with Crippen LogP contribution in [0.5, 0.6) is 5.75 Å². The third kappa shape index (κ3) is 3.42. The van der Waals surface area contributed by atoms with Crippen LogP contribution in [-0.2, 0) is 4.79 Å². The van der Waals surface area contributed by atoms with Gasteiger partial charge in [-0.05, 0) is 16.8 Å². The predicted molar refractivity (Wildman–Crippen MR) is 80.1 cm³/mol. The summed E-state index contributed by atoms with van der Waals surface area (Å²) >= 11 is 0. The van der Waals surface area contributed by atoms with Crippen LogP contribution in [0, 0.1) is 11.5 Å². The summed E-state index contributed by atoms with van der Waals surface area (Å²) in [7, 11) is 0. The number of guanidine groups is 1. The molecule has 2 aromatic rings. The summed E-state index contributed by atoms with van der Waals surface area (Å²) in [4.78, 5) is 18.4. The highest BCUT2D eigenvalue weighted by Gasteiger charge is 2.09. The molecule has 104 valence electrons. The van der Waals surface area contributed by atoms with Crippen molar-refractivity contribution in [3.63, 3.8) is 0 Å². The number of esters is 1. The molecule has 0 radical (unpaired) electrons. The van der Waals surface area contributed by atoms with Gasteiger partial charge in [-0.25, -0.2) is 4.99 Å². The molecule has 21 heavy (non-hydrogen) atoms. The Morgan fingerprint density at radius 2 is 2.10 bits per heavy atom. The Labute approximate surface area is 121 Å². The molecule has 0 fully saturated rings. The van der Waals surface area contributed by atoms with Crippen molar-refractivity contribution in [3.8, 4) is 11.9 Å². The molecule has 0 atom stereocenters. The number of carbonyl (C=O) groups is 1. The normalized spacial score (nSPS) is 11.5. The monoisotopic (exact) mass is 280 g/mol. The lowest BCUT2D eigenvalue weighted by molar-refractivity contribution is -0.131. The number of ether oxygens (including phenoxy) is 1. The van der Waals surface area contributed by atoms with Gasteiger partial charge >= 0.3 is 5.97 Å². The minimum Gasteiger partial charge on any atom is -0.426 e. The first-order valence-electron chi connectivity index (χ1n) is 6.08. The van der Waals surface area contributed by atoms with Crippen LogP contribution >= 0.6 is 0 Å². The fraction of sp³-hybridized carbons (Fsp3) is 0.0667. The molecular formula is C15H12N4O2. The molecule has 0 aromatic heterocycles. The van der Waals surface area contributed by atoms with Gasteiger partial charge in [0, 0.05) is 18.7 Å². The molecule has 0 saturated heterocycles. The molecule has 0 saturated carbocycles. The Kier molecular flexibility index (Phi) is 4.26. The van der Waals surface area contributed by atoms with Gasteiger partial charge in [0.05, 0.1) is 0 Å². The van der Waals surface area contributed by atoms with Crippen LogP contribution in [-0.4, -0.2) is 18.1 Å². The highest BCUT2D eigenvalue weighted by Crippen LogP contribution is 2.26. The maximum Gasteiger partial charge on any atom is 0.308 e. The van der Waals surface area contributed by atoms with Crippen LogP contribution in [0.2, 0.25) is 0 Å². The van der Waals surface area contributed by atoms with Gasteiger partial charge in [0.15, 0.2) is 0 Å². The van der Waals surface area contributed by atoms with Crippen molar-refractivity contribution in [3.05, 3.63) is 42.0 Å². The first-order valence-corrected chi connectivity index (χ1v) is 6.08. The van der Waals surface area contributed by atoms with Crippen molar-refractivity contribution in [1.29, 1.82) is 5.26 Å². The molecule has 0 heterocycles. The SMILES string of the molecule is CC(=O)Oc1ccc2ccccc2c1/C=N/C(N)=NC#N. The molecule has 0 aliphatic carbocycles. The van der Waals surface area contributed by atoms with E-state index in [-0.39, 0.29) is 5.96 Å². The number of nitrogens with two attached hydrogens (primary N) is 1. The molecule has 2 rings (SSSR count). The smallest absolute Gasteiger partial charge is 0.308 e. The van der Waals surface area contributed by atoms with E-state index in [1.54, 1.807) is 12.3 Å². The largest absolute Gasteiger partial charge is 0.426 e. The van der Waals surface area contributed by atoms with Gasteiger partial charge < -0.3 is 10.5 Å². The summed E-state index contributed by atoms with van der Waals surface area (Å²) in [6, 6.07) is 11.1. The topological polar surface area (TPSA) is 101 Å². The van der Waals surface area contributed by atoms with Crippen molar-refractivity contribution in [2.75, 3.05) is 0 Å². The van der Waals surface area contributed by atoms with E-state index in [0.29, 0.717) is 11.3 Å². The number of hydrogen-bond donors (Lipinski definition) is 1. The van der Waals surface area contributed by atoms with Gasteiger partial charge in [0.2, 0.25) is 12.2 Å². The quantitative estimate of drug-likeness (QED) is 0.299. The molecule has 0 bridgehead atoms. The average Bonchev–Trinajstić information content (AvgIpc) is 2.45. The molecular weight excluding hydrogens is 268 g/mol. The number of nitriles is 1. The van der Waals surface area contributed by atoms with Crippen molar-refractivity contribution in [2.24, 2.45) is 15.7 Å². The number of rotatable bonds is 2. The van der Waals surface area contributed by atoms with Crippen molar-refractivity contribution in [2.45, 2.75) is 6.92 Å². The first kappa shape index (κ1) is 14.2. The number of benzene rings is 2. The van der Waals surface area contributed by atoms with E-state index < -0.39 is 5.97 Å². The zero-order chi connectivity index (χ0) is 15.2. The summed E-state index contributed by atoms with van der Waals surface area (Å²) in [6.45, 7) is 1.32. The first-order chi connectivity index (χ1) is 10.1. The highest BCUT2D eigenvalue weighted by atomic mass is 16.5. The third-order valence-electron chi connectivity index (χ3n) is 2.67. The second-order valence-electron chi connectivity index (χ2n) is 4.12. The Balaban J connectivity index is 2.58. The maximum atomic E-state index is 11.2. The summed E-state index contributed by atoms with van der Waals surface area (Å²) in [5.74, 6) is -0.229. The molecule has 0 aliphatic heterocycles. The summed E-state index contributed by atoms with van der Waals surface area (Å²) in [6.07, 6.45) is 2.98. The van der Waals surface area contributed by atoms with Crippen LogP contribution in [0.1, 0.15) is 12.5 Å². The van der Waals surface area contributed by atoms with E-state index in [1.807, 2.05) is 30.3 Å². The van der Waals surface area contributed by atoms with Crippen molar-refractivity contribution >= 4 is 28.9 Å². The number of aliphatic imine (C=N–C) groups is 2. The Morgan fingerprint density at radius 1 is 1.33 bits per heavy atom. The molecule has 6 heteroatoms. The molecule has 6 nitrogen and oxygen atoms in total. The second-order valence-corrected chi connectivity index (χ2v) is 4.12. The number of nitrogens with zero attached hydrogens (tertiary/aromatic N) is 3. The maximum absolute atomic E-state index is 11.2. The van der Waals surface area contributed by atoms with Gasteiger partial charge in [-0.1, -0.05) is 30.3 Å². The number of carbonyl (C=O) groups excluding carboxylic acids is 1. The van der Waals surface area contributed by atoms with Crippen LogP contribution in [0.25, 0.3) is 10.8 Å². The van der Waals surface area contributed by atoms with E-state index >= 15 is 0 Å². The predicted octanol–water partition coefficient (Wildman–Crippen LogP) is 1.98. The van der Waals surface area contributed by atoms with E-state index in [1.165, 1.54) is 13.1 Å². The van der Waals surface area contributed by atoms with Crippen LogP contribution in [0.4, 0.5) is 0 Å². The van der Waals surface area contributed by atoms with Crippen LogP contribution < -0.4 is 10.5 Å². The standard InChI is InChI=1S/C15H12N4O2/c1-10(20)21-14-7-6-11-4-2-3-5-12(11)13(14)8-18-15(17)19-9-16/h2-8H,1H3,(H2,17,19)/b18-8+. The van der Waals surface area contributed by atoms with E-state index in [9.17, 15) is 4.79 Å². The lowest BCUT2D eigenvalue weighted by atomic mass is 10.0. The minimum absolute atomic E-state index is 0.167. The molecule has 0 spiro atoms. The molecule has 0 aliphatic rings. The molecule has 2 N–H and O–H groups in total. The van der Waals surface area contributed by atoms with Crippen molar-refractivity contribution in [1.82, 2.24) is 0 Å².